The van der Waals surface area contributed by atoms with Crippen molar-refractivity contribution in [1.29, 1.82) is 0 Å². The number of imidazole rings is 1. The molecule has 0 atom stereocenters. The highest BCUT2D eigenvalue weighted by molar-refractivity contribution is 6.31. The first kappa shape index (κ1) is 16.2. The van der Waals surface area contributed by atoms with E-state index in [9.17, 15) is 0 Å². The number of hydrogen-bond donors (Lipinski definition) is 0. The van der Waals surface area contributed by atoms with Gasteiger partial charge in [0.15, 0.2) is 23.2 Å². The average molecular weight is 384 g/mol. The molecule has 0 saturated heterocycles. The fourth-order valence-corrected chi connectivity index (χ4v) is 3.46. The molecule has 0 N–H and O–H groups in total. The van der Waals surface area contributed by atoms with Gasteiger partial charge in [0.1, 0.15) is 12.9 Å². The van der Waals surface area contributed by atoms with Crippen molar-refractivity contribution in [3.05, 3.63) is 46.9 Å². The Labute approximate surface area is 158 Å². The van der Waals surface area contributed by atoms with Gasteiger partial charge in [-0.15, -0.1) is 10.2 Å². The third-order valence-corrected chi connectivity index (χ3v) is 4.70. The van der Waals surface area contributed by atoms with E-state index in [4.69, 9.17) is 20.9 Å². The van der Waals surface area contributed by atoms with Crippen LogP contribution in [0.3, 0.4) is 0 Å². The second kappa shape index (κ2) is 6.00. The van der Waals surface area contributed by atoms with Crippen molar-refractivity contribution in [2.45, 2.75) is 20.1 Å². The molecule has 0 radical (unpaired) electrons. The van der Waals surface area contributed by atoms with Gasteiger partial charge in [-0.25, -0.2) is 4.98 Å². The van der Waals surface area contributed by atoms with E-state index in [-0.39, 0.29) is 0 Å². The first-order chi connectivity index (χ1) is 13.2. The van der Waals surface area contributed by atoms with Crippen LogP contribution in [0, 0.1) is 6.92 Å². The lowest BCUT2D eigenvalue weighted by atomic mass is 10.1. The van der Waals surface area contributed by atoms with Crippen LogP contribution < -0.4 is 0 Å². The van der Waals surface area contributed by atoms with Crippen molar-refractivity contribution in [3.63, 3.8) is 0 Å². The molecule has 0 aliphatic carbocycles. The molecular formula is C17H14ClN7O2. The summed E-state index contributed by atoms with van der Waals surface area (Å²) in [4.78, 5) is 8.85. The zero-order valence-corrected chi connectivity index (χ0v) is 15.3. The predicted molar refractivity (Wildman–Crippen MR) is 95.4 cm³/mol. The number of nitrogens with zero attached hydrogens (tertiary/aromatic N) is 7. The van der Waals surface area contributed by atoms with Crippen LogP contribution in [-0.4, -0.2) is 41.6 Å². The van der Waals surface area contributed by atoms with E-state index in [2.05, 4.69) is 25.3 Å². The van der Waals surface area contributed by atoms with E-state index in [1.54, 1.807) is 20.4 Å². The minimum atomic E-state index is 0.339. The Morgan fingerprint density at radius 3 is 2.96 bits per heavy atom. The lowest BCUT2D eigenvalue weighted by Crippen LogP contribution is -2.09. The van der Waals surface area contributed by atoms with Gasteiger partial charge < -0.3 is 13.8 Å². The number of aryl methyl sites for hydroxylation is 1. The monoisotopic (exact) mass is 383 g/mol. The average Bonchev–Trinajstić information content (AvgIpc) is 3.34. The lowest BCUT2D eigenvalue weighted by Gasteiger charge is -2.08. The Bertz CT molecular complexity index is 1160. The Morgan fingerprint density at radius 2 is 2.19 bits per heavy atom. The van der Waals surface area contributed by atoms with Crippen LogP contribution in [0.4, 0.5) is 0 Å². The highest BCUT2D eigenvalue weighted by atomic mass is 35.5. The van der Waals surface area contributed by atoms with E-state index < -0.39 is 0 Å². The van der Waals surface area contributed by atoms with Gasteiger partial charge in [-0.05, 0) is 25.1 Å². The van der Waals surface area contributed by atoms with Crippen LogP contribution in [0.2, 0.25) is 5.02 Å². The molecule has 0 unspecified atom stereocenters. The van der Waals surface area contributed by atoms with Crippen LogP contribution in [0.5, 0.6) is 0 Å². The summed E-state index contributed by atoms with van der Waals surface area (Å²) in [7, 11) is 1.63. The first-order valence-corrected chi connectivity index (χ1v) is 8.61. The minimum absolute atomic E-state index is 0.339. The molecule has 0 spiro atoms. The van der Waals surface area contributed by atoms with Crippen LogP contribution in [0.25, 0.3) is 28.7 Å². The van der Waals surface area contributed by atoms with Gasteiger partial charge in [-0.1, -0.05) is 16.8 Å². The predicted octanol–water partition coefficient (Wildman–Crippen LogP) is 2.65. The molecule has 27 heavy (non-hydrogen) atoms. The van der Waals surface area contributed by atoms with Gasteiger partial charge in [0.2, 0.25) is 0 Å². The van der Waals surface area contributed by atoms with Crippen molar-refractivity contribution in [2.75, 3.05) is 7.11 Å². The molecule has 5 rings (SSSR count). The third-order valence-electron chi connectivity index (χ3n) is 4.46. The number of halogens is 1. The van der Waals surface area contributed by atoms with Crippen molar-refractivity contribution in [3.8, 4) is 28.7 Å². The van der Waals surface area contributed by atoms with Gasteiger partial charge in [0.25, 0.3) is 5.89 Å². The molecule has 3 aromatic heterocycles. The number of ether oxygens (including phenoxy) is 1. The Balaban J connectivity index is 1.79. The van der Waals surface area contributed by atoms with E-state index >= 15 is 0 Å². The number of methoxy groups -OCH3 is 1. The lowest BCUT2D eigenvalue weighted by molar-refractivity contribution is 0.174. The van der Waals surface area contributed by atoms with Crippen LogP contribution >= 0.6 is 11.6 Å². The van der Waals surface area contributed by atoms with Crippen molar-refractivity contribution in [2.24, 2.45) is 0 Å². The van der Waals surface area contributed by atoms with E-state index in [0.717, 1.165) is 22.8 Å². The molecule has 1 aliphatic rings. The van der Waals surface area contributed by atoms with Gasteiger partial charge in [0, 0.05) is 17.7 Å². The van der Waals surface area contributed by atoms with Crippen LogP contribution in [0.1, 0.15) is 17.3 Å². The molecule has 1 aromatic carbocycles. The third kappa shape index (κ3) is 2.47. The summed E-state index contributed by atoms with van der Waals surface area (Å²) in [6.07, 6.45) is 1.74. The molecule has 0 amide bonds. The molecule has 4 heterocycles. The fourth-order valence-electron chi connectivity index (χ4n) is 3.29. The summed E-state index contributed by atoms with van der Waals surface area (Å²) in [5.41, 5.74) is 3.28. The molecule has 9 nitrogen and oxygen atoms in total. The Hall–Kier alpha value is -3.04. The summed E-state index contributed by atoms with van der Waals surface area (Å²) < 4.78 is 14.6. The minimum Gasteiger partial charge on any atom is -0.377 e. The quantitative estimate of drug-likeness (QED) is 0.472. The molecule has 0 fully saturated rings. The summed E-state index contributed by atoms with van der Waals surface area (Å²) in [5, 5.41) is 13.2. The number of benzene rings is 1. The zero-order chi connectivity index (χ0) is 18.5. The molecule has 0 saturated carbocycles. The smallest absolute Gasteiger partial charge is 0.278 e. The highest BCUT2D eigenvalue weighted by Crippen LogP contribution is 2.36. The second-order valence-corrected chi connectivity index (χ2v) is 6.61. The summed E-state index contributed by atoms with van der Waals surface area (Å²) >= 11 is 6.26. The first-order valence-electron chi connectivity index (χ1n) is 8.24. The maximum absolute atomic E-state index is 6.26. The number of fused-ring (bicyclic) bond motifs is 5. The SMILES string of the molecule is COCc1nnc2n1Cc1c(-c3nc(C)no3)ncn1-c1ccc(Cl)cc1-2. The topological polar surface area (TPSA) is 96.7 Å². The second-order valence-electron chi connectivity index (χ2n) is 6.18. The standard InChI is InChI=1S/C17H14ClN7O2/c1-9-20-17(27-23-9)15-13-6-24-14(7-26-2)21-22-16(24)11-5-10(18)3-4-12(11)25(13)8-19-15/h3-5,8H,6-7H2,1-2H3. The van der Waals surface area contributed by atoms with Gasteiger partial charge in [-0.3, -0.25) is 4.57 Å². The number of rotatable bonds is 3. The molecule has 1 aliphatic heterocycles. The van der Waals surface area contributed by atoms with Gasteiger partial charge in [-0.2, -0.15) is 4.98 Å². The van der Waals surface area contributed by atoms with E-state index in [1.807, 2.05) is 27.3 Å². The molecule has 136 valence electrons. The largest absolute Gasteiger partial charge is 0.377 e. The number of aromatic nitrogens is 7. The van der Waals surface area contributed by atoms with Crippen LogP contribution in [-0.2, 0) is 17.9 Å². The summed E-state index contributed by atoms with van der Waals surface area (Å²) in [6.45, 7) is 2.59. The molecule has 10 heteroatoms. The van der Waals surface area contributed by atoms with Gasteiger partial charge >= 0.3 is 0 Å². The molecule has 4 aromatic rings. The highest BCUT2D eigenvalue weighted by Gasteiger charge is 2.28. The fraction of sp³-hybridized carbons (Fsp3) is 0.235. The van der Waals surface area contributed by atoms with E-state index in [1.165, 1.54) is 0 Å². The molecular weight excluding hydrogens is 370 g/mol. The maximum atomic E-state index is 6.26. The Kier molecular flexibility index (Phi) is 3.59. The zero-order valence-electron chi connectivity index (χ0n) is 14.5. The number of hydrogen-bond acceptors (Lipinski definition) is 7. The van der Waals surface area contributed by atoms with Gasteiger partial charge in [0.05, 0.1) is 17.9 Å². The Morgan fingerprint density at radius 1 is 1.30 bits per heavy atom. The van der Waals surface area contributed by atoms with Crippen LogP contribution in [0.15, 0.2) is 29.0 Å². The van der Waals surface area contributed by atoms with Crippen molar-refractivity contribution >= 4 is 11.6 Å². The maximum Gasteiger partial charge on any atom is 0.278 e. The normalized spacial score (nSPS) is 12.4. The molecule has 0 bridgehead atoms. The summed E-state index contributed by atoms with van der Waals surface area (Å²) in [5.74, 6) is 2.36. The summed E-state index contributed by atoms with van der Waals surface area (Å²) in [6, 6.07) is 5.65. The van der Waals surface area contributed by atoms with Crippen molar-refractivity contribution in [1.82, 2.24) is 34.5 Å². The van der Waals surface area contributed by atoms with Crippen molar-refractivity contribution < 1.29 is 9.26 Å². The van der Waals surface area contributed by atoms with E-state index in [0.29, 0.717) is 41.4 Å².